The Kier molecular flexibility index (Phi) is 4.81. The Balaban J connectivity index is 1.66. The molecular weight excluding hydrogens is 331 g/mol. The molecule has 2 aromatic carbocycles. The van der Waals surface area contributed by atoms with Crippen molar-refractivity contribution < 1.29 is 14.0 Å². The van der Waals surface area contributed by atoms with Gasteiger partial charge < -0.3 is 10.2 Å². The number of rotatable bonds is 3. The molecule has 1 fully saturated rings. The van der Waals surface area contributed by atoms with E-state index in [2.05, 4.69) is 26.1 Å². The summed E-state index contributed by atoms with van der Waals surface area (Å²) in [6.07, 6.45) is 0.211. The maximum Gasteiger partial charge on any atom is 0.251 e. The number of hydrogen-bond donors (Lipinski definition) is 1. The molecule has 0 saturated carbocycles. The normalized spacial score (nSPS) is 17.5. The number of carbonyl (C=O) groups is 2. The topological polar surface area (TPSA) is 49.4 Å². The first-order chi connectivity index (χ1) is 12.2. The molecule has 1 aliphatic heterocycles. The van der Waals surface area contributed by atoms with E-state index >= 15 is 0 Å². The number of nitrogens with one attached hydrogen (secondary N) is 1. The maximum absolute atomic E-state index is 13.4. The second-order valence-electron chi connectivity index (χ2n) is 7.69. The zero-order valence-electron chi connectivity index (χ0n) is 15.3. The summed E-state index contributed by atoms with van der Waals surface area (Å²) in [6.45, 7) is 6.70. The summed E-state index contributed by atoms with van der Waals surface area (Å²) < 4.78 is 13.4. The van der Waals surface area contributed by atoms with E-state index in [4.69, 9.17) is 0 Å². The molecule has 2 aromatic rings. The molecule has 1 saturated heterocycles. The monoisotopic (exact) mass is 354 g/mol. The van der Waals surface area contributed by atoms with Crippen molar-refractivity contribution in [3.05, 3.63) is 65.5 Å². The first kappa shape index (κ1) is 18.1. The summed E-state index contributed by atoms with van der Waals surface area (Å²) in [4.78, 5) is 26.2. The fourth-order valence-corrected chi connectivity index (χ4v) is 3.09. The molecule has 0 spiro atoms. The third-order valence-electron chi connectivity index (χ3n) is 4.59. The van der Waals surface area contributed by atoms with E-state index in [1.54, 1.807) is 24.3 Å². The smallest absolute Gasteiger partial charge is 0.251 e. The molecule has 2 amide bonds. The Hall–Kier alpha value is -2.69. The van der Waals surface area contributed by atoms with Gasteiger partial charge in [0.1, 0.15) is 5.82 Å². The third-order valence-corrected chi connectivity index (χ3v) is 4.59. The van der Waals surface area contributed by atoms with Gasteiger partial charge in [-0.2, -0.15) is 0 Å². The van der Waals surface area contributed by atoms with Gasteiger partial charge in [0.05, 0.1) is 6.04 Å². The number of nitrogens with zero attached hydrogens (tertiary/aromatic N) is 1. The van der Waals surface area contributed by atoms with Crippen molar-refractivity contribution in [2.24, 2.45) is 0 Å². The number of halogens is 1. The van der Waals surface area contributed by atoms with Gasteiger partial charge in [0.15, 0.2) is 0 Å². The first-order valence-electron chi connectivity index (χ1n) is 8.71. The van der Waals surface area contributed by atoms with Gasteiger partial charge in [0.2, 0.25) is 5.91 Å². The fourth-order valence-electron chi connectivity index (χ4n) is 3.09. The summed E-state index contributed by atoms with van der Waals surface area (Å²) in [5.74, 6) is -0.713. The van der Waals surface area contributed by atoms with Gasteiger partial charge in [-0.25, -0.2) is 4.39 Å². The van der Waals surface area contributed by atoms with Gasteiger partial charge in [0.25, 0.3) is 5.91 Å². The zero-order chi connectivity index (χ0) is 18.9. The number of carbonyl (C=O) groups excluding carboxylic acids is 2. The predicted molar refractivity (Wildman–Crippen MR) is 99.8 cm³/mol. The molecule has 0 radical (unpaired) electrons. The lowest BCUT2D eigenvalue weighted by molar-refractivity contribution is -0.117. The summed E-state index contributed by atoms with van der Waals surface area (Å²) in [7, 11) is 0. The van der Waals surface area contributed by atoms with Crippen LogP contribution in [0.15, 0.2) is 48.5 Å². The largest absolute Gasteiger partial charge is 0.347 e. The predicted octanol–water partition coefficient (Wildman–Crippen LogP) is 3.66. The van der Waals surface area contributed by atoms with Crippen LogP contribution in [0, 0.1) is 5.82 Å². The molecule has 1 heterocycles. The Morgan fingerprint density at radius 1 is 1.15 bits per heavy atom. The lowest BCUT2D eigenvalue weighted by Gasteiger charge is -2.19. The van der Waals surface area contributed by atoms with Crippen LogP contribution in [-0.2, 0) is 10.2 Å². The van der Waals surface area contributed by atoms with Gasteiger partial charge in [-0.3, -0.25) is 9.59 Å². The van der Waals surface area contributed by atoms with E-state index in [1.807, 2.05) is 12.1 Å². The molecule has 3 rings (SSSR count). The van der Waals surface area contributed by atoms with Gasteiger partial charge in [-0.15, -0.1) is 0 Å². The highest BCUT2D eigenvalue weighted by molar-refractivity contribution is 5.99. The van der Waals surface area contributed by atoms with Crippen molar-refractivity contribution in [1.29, 1.82) is 0 Å². The summed E-state index contributed by atoms with van der Waals surface area (Å²) >= 11 is 0. The summed E-state index contributed by atoms with van der Waals surface area (Å²) in [5, 5.41) is 2.90. The van der Waals surface area contributed by atoms with Crippen molar-refractivity contribution >= 4 is 17.5 Å². The molecule has 1 N–H and O–H groups in total. The number of anilines is 1. The molecule has 5 heteroatoms. The highest BCUT2D eigenvalue weighted by Crippen LogP contribution is 2.24. The molecule has 26 heavy (non-hydrogen) atoms. The Bertz CT molecular complexity index is 825. The Morgan fingerprint density at radius 2 is 1.85 bits per heavy atom. The molecular formula is C21H23FN2O2. The van der Waals surface area contributed by atoms with Crippen LogP contribution in [0.25, 0.3) is 0 Å². The molecule has 4 nitrogen and oxygen atoms in total. The quantitative estimate of drug-likeness (QED) is 0.914. The number of amides is 2. The Morgan fingerprint density at radius 3 is 2.46 bits per heavy atom. The van der Waals surface area contributed by atoms with Crippen molar-refractivity contribution in [1.82, 2.24) is 5.32 Å². The minimum atomic E-state index is -0.387. The van der Waals surface area contributed by atoms with Gasteiger partial charge in [0, 0.05) is 24.2 Å². The number of hydrogen-bond acceptors (Lipinski definition) is 2. The van der Waals surface area contributed by atoms with Gasteiger partial charge >= 0.3 is 0 Å². The third kappa shape index (κ3) is 3.93. The van der Waals surface area contributed by atoms with E-state index in [0.717, 1.165) is 5.56 Å². The van der Waals surface area contributed by atoms with Crippen molar-refractivity contribution in [2.45, 2.75) is 38.6 Å². The van der Waals surface area contributed by atoms with Crippen LogP contribution in [0.3, 0.4) is 0 Å². The van der Waals surface area contributed by atoms with Gasteiger partial charge in [-0.05, 0) is 41.3 Å². The van der Waals surface area contributed by atoms with E-state index in [0.29, 0.717) is 17.8 Å². The molecule has 0 aliphatic carbocycles. The average Bonchev–Trinajstić information content (AvgIpc) is 2.94. The van der Waals surface area contributed by atoms with Crippen LogP contribution in [0.5, 0.6) is 0 Å². The number of benzene rings is 2. The Labute approximate surface area is 153 Å². The highest BCUT2D eigenvalue weighted by Gasteiger charge is 2.32. The molecule has 0 unspecified atom stereocenters. The maximum atomic E-state index is 13.4. The van der Waals surface area contributed by atoms with Crippen LogP contribution in [-0.4, -0.2) is 24.4 Å². The van der Waals surface area contributed by atoms with Crippen molar-refractivity contribution in [2.75, 3.05) is 11.4 Å². The van der Waals surface area contributed by atoms with Crippen molar-refractivity contribution in [3.8, 4) is 0 Å². The van der Waals surface area contributed by atoms with Crippen LogP contribution >= 0.6 is 0 Å². The van der Waals surface area contributed by atoms with E-state index in [-0.39, 0.29) is 35.5 Å². The lowest BCUT2D eigenvalue weighted by Crippen LogP contribution is -2.37. The average molecular weight is 354 g/mol. The minimum absolute atomic E-state index is 0.0261. The molecule has 1 atom stereocenters. The highest BCUT2D eigenvalue weighted by atomic mass is 19.1. The minimum Gasteiger partial charge on any atom is -0.347 e. The van der Waals surface area contributed by atoms with Crippen LogP contribution in [0.2, 0.25) is 0 Å². The summed E-state index contributed by atoms with van der Waals surface area (Å²) in [6, 6.07) is 13.1. The van der Waals surface area contributed by atoms with Crippen LogP contribution < -0.4 is 10.2 Å². The molecule has 136 valence electrons. The van der Waals surface area contributed by atoms with E-state index in [1.165, 1.54) is 17.0 Å². The van der Waals surface area contributed by atoms with E-state index in [9.17, 15) is 14.0 Å². The zero-order valence-corrected chi connectivity index (χ0v) is 15.3. The van der Waals surface area contributed by atoms with Gasteiger partial charge in [-0.1, -0.05) is 39.0 Å². The second kappa shape index (κ2) is 6.90. The van der Waals surface area contributed by atoms with Crippen molar-refractivity contribution in [3.63, 3.8) is 0 Å². The fraction of sp³-hybridized carbons (Fsp3) is 0.333. The van der Waals surface area contributed by atoms with E-state index < -0.39 is 0 Å². The standard InChI is InChI=1S/C21H23FN2O2/c1-21(2,3)15-9-7-14(8-10-15)20(26)23-17-12-19(25)24(13-17)18-6-4-5-16(22)11-18/h4-11,17H,12-13H2,1-3H3,(H,23,26)/t17-/m1/s1. The SMILES string of the molecule is CC(C)(C)c1ccc(C(=O)N[C@@H]2CC(=O)N(c3cccc(F)c3)C2)cc1. The van der Waals surface area contributed by atoms with Crippen LogP contribution in [0.1, 0.15) is 43.1 Å². The first-order valence-corrected chi connectivity index (χ1v) is 8.71. The molecule has 0 bridgehead atoms. The molecule has 0 aromatic heterocycles. The lowest BCUT2D eigenvalue weighted by atomic mass is 9.86. The molecule has 1 aliphatic rings. The summed E-state index contributed by atoms with van der Waals surface area (Å²) in [5.41, 5.74) is 2.26. The van der Waals surface area contributed by atoms with Crippen LogP contribution in [0.4, 0.5) is 10.1 Å². The second-order valence-corrected chi connectivity index (χ2v) is 7.69.